The number of benzene rings is 2. The lowest BCUT2D eigenvalue weighted by Crippen LogP contribution is -2.13. The first kappa shape index (κ1) is 24.2. The lowest BCUT2D eigenvalue weighted by atomic mass is 10.1. The normalized spacial score (nSPS) is 16.4. The standard InChI is InChI=1S/C23H20F3NO5S/c1-4-32-22(29)18-19(28)17(11-13-7-5-10-16(30-2)20(13)31-3)33-21(18)27-15-9-6-8-14(12-15)23(24,25)26/h5-12,28H,4H2,1-3H3/b17-11+,27-21?. The second kappa shape index (κ2) is 10.0. The minimum absolute atomic E-state index is 0.0124. The molecule has 2 aromatic carbocycles. The van der Waals surface area contributed by atoms with Crippen LogP contribution in [0.25, 0.3) is 6.08 Å². The van der Waals surface area contributed by atoms with E-state index in [9.17, 15) is 23.1 Å². The zero-order valence-corrected chi connectivity index (χ0v) is 18.7. The second-order valence-corrected chi connectivity index (χ2v) is 7.63. The number of aliphatic hydroxyl groups excluding tert-OH is 1. The predicted octanol–water partition coefficient (Wildman–Crippen LogP) is 5.92. The number of ether oxygens (including phenoxy) is 3. The van der Waals surface area contributed by atoms with Crippen molar-refractivity contribution in [2.24, 2.45) is 4.99 Å². The van der Waals surface area contributed by atoms with Gasteiger partial charge in [-0.2, -0.15) is 13.2 Å². The van der Waals surface area contributed by atoms with Crippen LogP contribution in [0.3, 0.4) is 0 Å². The van der Waals surface area contributed by atoms with Crippen LogP contribution in [0.4, 0.5) is 18.9 Å². The number of aliphatic hydroxyl groups is 1. The molecule has 0 fully saturated rings. The Balaban J connectivity index is 2.10. The summed E-state index contributed by atoms with van der Waals surface area (Å²) in [6.07, 6.45) is -2.98. The van der Waals surface area contributed by atoms with Gasteiger partial charge in [0.25, 0.3) is 0 Å². The van der Waals surface area contributed by atoms with Gasteiger partial charge in [0, 0.05) is 5.56 Å². The number of halogens is 3. The lowest BCUT2D eigenvalue weighted by Gasteiger charge is -2.10. The van der Waals surface area contributed by atoms with Crippen molar-refractivity contribution in [2.75, 3.05) is 20.8 Å². The molecule has 1 heterocycles. The highest BCUT2D eigenvalue weighted by Crippen LogP contribution is 2.42. The minimum Gasteiger partial charge on any atom is -0.506 e. The summed E-state index contributed by atoms with van der Waals surface area (Å²) in [5.74, 6) is -0.369. The van der Waals surface area contributed by atoms with Gasteiger partial charge in [-0.05, 0) is 37.3 Å². The van der Waals surface area contributed by atoms with Crippen LogP contribution in [-0.4, -0.2) is 36.9 Å². The van der Waals surface area contributed by atoms with Gasteiger partial charge < -0.3 is 19.3 Å². The van der Waals surface area contributed by atoms with Crippen molar-refractivity contribution >= 4 is 34.5 Å². The molecule has 0 saturated heterocycles. The van der Waals surface area contributed by atoms with Crippen molar-refractivity contribution in [2.45, 2.75) is 13.1 Å². The van der Waals surface area contributed by atoms with E-state index in [1.807, 2.05) is 0 Å². The molecule has 0 amide bonds. The molecule has 2 aromatic rings. The van der Waals surface area contributed by atoms with E-state index in [1.54, 1.807) is 31.2 Å². The van der Waals surface area contributed by atoms with Crippen molar-refractivity contribution in [3.05, 3.63) is 69.8 Å². The van der Waals surface area contributed by atoms with E-state index in [4.69, 9.17) is 14.2 Å². The first-order valence-corrected chi connectivity index (χ1v) is 10.5. The molecular formula is C23H20F3NO5S. The van der Waals surface area contributed by atoms with Crippen LogP contribution in [0.1, 0.15) is 18.1 Å². The number of aliphatic imine (C=N–C) groups is 1. The molecule has 0 aromatic heterocycles. The Morgan fingerprint density at radius 1 is 1.15 bits per heavy atom. The van der Waals surface area contributed by atoms with E-state index in [2.05, 4.69) is 4.99 Å². The summed E-state index contributed by atoms with van der Waals surface area (Å²) >= 11 is 0.925. The molecule has 1 aliphatic rings. The zero-order chi connectivity index (χ0) is 24.2. The molecule has 0 aliphatic carbocycles. The number of hydrogen-bond acceptors (Lipinski definition) is 7. The van der Waals surface area contributed by atoms with Crippen LogP contribution in [-0.2, 0) is 15.7 Å². The van der Waals surface area contributed by atoms with Gasteiger partial charge in [0.2, 0.25) is 0 Å². The number of esters is 1. The largest absolute Gasteiger partial charge is 0.506 e. The fraction of sp³-hybridized carbons (Fsp3) is 0.217. The maximum absolute atomic E-state index is 13.1. The van der Waals surface area contributed by atoms with Crippen molar-refractivity contribution in [1.82, 2.24) is 0 Å². The maximum atomic E-state index is 13.1. The highest BCUT2D eigenvalue weighted by atomic mass is 32.2. The van der Waals surface area contributed by atoms with Gasteiger partial charge in [-0.3, -0.25) is 0 Å². The van der Waals surface area contributed by atoms with Crippen LogP contribution >= 0.6 is 11.8 Å². The highest BCUT2D eigenvalue weighted by Gasteiger charge is 2.34. The fourth-order valence-electron chi connectivity index (χ4n) is 3.03. The number of carbonyl (C=O) groups is 1. The molecule has 0 saturated carbocycles. The van der Waals surface area contributed by atoms with Gasteiger partial charge in [-0.1, -0.05) is 30.0 Å². The molecule has 1 N–H and O–H groups in total. The van der Waals surface area contributed by atoms with Crippen molar-refractivity contribution in [3.8, 4) is 11.5 Å². The molecule has 174 valence electrons. The molecule has 0 bridgehead atoms. The molecule has 0 atom stereocenters. The summed E-state index contributed by atoms with van der Waals surface area (Å²) in [5.41, 5.74) is -0.584. The fourth-order valence-corrected chi connectivity index (χ4v) is 4.05. The number of para-hydroxylation sites is 1. The first-order valence-electron chi connectivity index (χ1n) is 9.67. The minimum atomic E-state index is -4.55. The van der Waals surface area contributed by atoms with Gasteiger partial charge in [0.05, 0.1) is 37.0 Å². The molecule has 0 unspecified atom stereocenters. The third-order valence-corrected chi connectivity index (χ3v) is 5.51. The van der Waals surface area contributed by atoms with Crippen molar-refractivity contribution in [3.63, 3.8) is 0 Å². The smallest absolute Gasteiger partial charge is 0.416 e. The highest BCUT2D eigenvalue weighted by molar-refractivity contribution is 8.18. The third-order valence-electron chi connectivity index (χ3n) is 4.49. The number of carbonyl (C=O) groups excluding carboxylic acids is 1. The number of hydrogen-bond donors (Lipinski definition) is 1. The number of thioether (sulfide) groups is 1. The molecule has 0 spiro atoms. The van der Waals surface area contributed by atoms with E-state index in [1.165, 1.54) is 26.4 Å². The Hall–Kier alpha value is -3.40. The van der Waals surface area contributed by atoms with Crippen molar-refractivity contribution < 1.29 is 37.3 Å². The summed E-state index contributed by atoms with van der Waals surface area (Å²) in [6, 6.07) is 9.50. The van der Waals surface area contributed by atoms with Gasteiger partial charge in [-0.15, -0.1) is 0 Å². The van der Waals surface area contributed by atoms with E-state index in [-0.39, 0.29) is 27.8 Å². The summed E-state index contributed by atoms with van der Waals surface area (Å²) < 4.78 is 54.9. The van der Waals surface area contributed by atoms with Gasteiger partial charge >= 0.3 is 12.1 Å². The Bertz CT molecular complexity index is 1160. The molecule has 33 heavy (non-hydrogen) atoms. The predicted molar refractivity (Wildman–Crippen MR) is 120 cm³/mol. The molecular weight excluding hydrogens is 459 g/mol. The summed E-state index contributed by atoms with van der Waals surface area (Å²) in [7, 11) is 2.94. The van der Waals surface area contributed by atoms with Crippen LogP contribution < -0.4 is 9.47 Å². The average molecular weight is 479 g/mol. The van der Waals surface area contributed by atoms with E-state index >= 15 is 0 Å². The first-order chi connectivity index (χ1) is 15.7. The average Bonchev–Trinajstić information content (AvgIpc) is 3.07. The summed E-state index contributed by atoms with van der Waals surface area (Å²) in [5, 5.41) is 10.8. The van der Waals surface area contributed by atoms with Crippen LogP contribution in [0.5, 0.6) is 11.5 Å². The number of alkyl halides is 3. The Morgan fingerprint density at radius 3 is 2.52 bits per heavy atom. The number of nitrogens with zero attached hydrogens (tertiary/aromatic N) is 1. The summed E-state index contributed by atoms with van der Waals surface area (Å²) in [4.78, 5) is 17.0. The van der Waals surface area contributed by atoms with Gasteiger partial charge in [0.15, 0.2) is 11.5 Å². The Morgan fingerprint density at radius 2 is 1.88 bits per heavy atom. The molecule has 0 radical (unpaired) electrons. The van der Waals surface area contributed by atoms with Gasteiger partial charge in [0.1, 0.15) is 16.4 Å². The topological polar surface area (TPSA) is 77.4 Å². The van der Waals surface area contributed by atoms with Crippen LogP contribution in [0, 0.1) is 0 Å². The third kappa shape index (κ3) is 5.33. The second-order valence-electron chi connectivity index (χ2n) is 6.60. The van der Waals surface area contributed by atoms with E-state index < -0.39 is 23.5 Å². The Labute approximate surface area is 192 Å². The van der Waals surface area contributed by atoms with Gasteiger partial charge in [-0.25, -0.2) is 9.79 Å². The number of rotatable bonds is 6. The zero-order valence-electron chi connectivity index (χ0n) is 17.9. The monoisotopic (exact) mass is 479 g/mol. The van der Waals surface area contributed by atoms with Crippen molar-refractivity contribution in [1.29, 1.82) is 0 Å². The SMILES string of the molecule is CCOC(=O)C1=C(O)/C(=C\c2cccc(OC)c2OC)SC1=Nc1cccc(C(F)(F)F)c1. The molecule has 10 heteroatoms. The molecule has 3 rings (SSSR count). The summed E-state index contributed by atoms with van der Waals surface area (Å²) in [6.45, 7) is 1.64. The van der Waals surface area contributed by atoms with E-state index in [0.29, 0.717) is 17.1 Å². The van der Waals surface area contributed by atoms with Crippen LogP contribution in [0.15, 0.2) is 63.7 Å². The Kier molecular flexibility index (Phi) is 7.37. The van der Waals surface area contributed by atoms with E-state index in [0.717, 1.165) is 23.9 Å². The lowest BCUT2D eigenvalue weighted by molar-refractivity contribution is -0.138. The maximum Gasteiger partial charge on any atom is 0.416 e. The molecule has 6 nitrogen and oxygen atoms in total. The quantitative estimate of drug-likeness (QED) is 0.519. The molecule has 1 aliphatic heterocycles. The van der Waals surface area contributed by atoms with Crippen LogP contribution in [0.2, 0.25) is 0 Å². The number of methoxy groups -OCH3 is 2.